The minimum absolute atomic E-state index is 0.00670. The van der Waals surface area contributed by atoms with Crippen molar-refractivity contribution in [2.45, 2.75) is 32.0 Å². The zero-order valence-corrected chi connectivity index (χ0v) is 11.7. The van der Waals surface area contributed by atoms with Gasteiger partial charge in [-0.1, -0.05) is 0 Å². The van der Waals surface area contributed by atoms with E-state index in [9.17, 15) is 18.3 Å². The molecule has 1 aliphatic rings. The highest BCUT2D eigenvalue weighted by atomic mass is 127. The molecule has 0 radical (unpaired) electrons. The molecule has 1 N–H and O–H groups in total. The van der Waals surface area contributed by atoms with E-state index in [0.29, 0.717) is 14.7 Å². The summed E-state index contributed by atoms with van der Waals surface area (Å²) in [7, 11) is 0. The Morgan fingerprint density at radius 2 is 2.22 bits per heavy atom. The van der Waals surface area contributed by atoms with Crippen molar-refractivity contribution in [3.8, 4) is 5.75 Å². The van der Waals surface area contributed by atoms with Crippen LogP contribution < -0.4 is 4.74 Å². The van der Waals surface area contributed by atoms with E-state index in [1.54, 1.807) is 13.0 Å². The zero-order chi connectivity index (χ0) is 13.4. The van der Waals surface area contributed by atoms with Gasteiger partial charge >= 0.3 is 0 Å². The minimum atomic E-state index is -2.58. The van der Waals surface area contributed by atoms with Crippen LogP contribution in [0.3, 0.4) is 0 Å². The summed E-state index contributed by atoms with van der Waals surface area (Å²) in [5.41, 5.74) is 1.75. The van der Waals surface area contributed by atoms with Crippen LogP contribution >= 0.6 is 22.6 Å². The van der Waals surface area contributed by atoms with Crippen LogP contribution in [-0.2, 0) is 6.42 Å². The Hall–Kier alpha value is -0.500. The van der Waals surface area contributed by atoms with Crippen LogP contribution in [0.15, 0.2) is 6.07 Å². The summed E-state index contributed by atoms with van der Waals surface area (Å²) in [5, 5.41) is 9.74. The summed E-state index contributed by atoms with van der Waals surface area (Å²) in [6.07, 6.45) is -5.16. The number of aliphatic hydroxyl groups excluding tert-OH is 1. The fourth-order valence-corrected chi connectivity index (χ4v) is 3.19. The van der Waals surface area contributed by atoms with Crippen molar-refractivity contribution in [1.29, 1.82) is 0 Å². The molecule has 0 aromatic heterocycles. The maximum atomic E-state index is 13.5. The molecule has 2 nitrogen and oxygen atoms in total. The SMILES string of the molecule is Cc1cc(I)c(OCC(F)F)c2c1C(O)C(F)C2. The van der Waals surface area contributed by atoms with Crippen LogP contribution in [0.4, 0.5) is 13.2 Å². The molecule has 100 valence electrons. The van der Waals surface area contributed by atoms with E-state index in [4.69, 9.17) is 4.74 Å². The number of fused-ring (bicyclic) bond motifs is 1. The van der Waals surface area contributed by atoms with Gasteiger partial charge in [0.2, 0.25) is 0 Å². The summed E-state index contributed by atoms with van der Waals surface area (Å²) in [4.78, 5) is 0. The smallest absolute Gasteiger partial charge is 0.272 e. The van der Waals surface area contributed by atoms with Crippen molar-refractivity contribution in [2.75, 3.05) is 6.61 Å². The van der Waals surface area contributed by atoms with E-state index < -0.39 is 25.3 Å². The van der Waals surface area contributed by atoms with Gasteiger partial charge in [0.25, 0.3) is 6.43 Å². The summed E-state index contributed by atoms with van der Waals surface area (Å²) >= 11 is 1.97. The molecular formula is C12H12F3IO2. The molecule has 2 rings (SSSR count). The molecule has 0 fully saturated rings. The largest absolute Gasteiger partial charge is 0.486 e. The van der Waals surface area contributed by atoms with E-state index in [-0.39, 0.29) is 12.2 Å². The number of ether oxygens (including phenoxy) is 1. The number of benzene rings is 1. The van der Waals surface area contributed by atoms with Crippen molar-refractivity contribution < 1.29 is 23.0 Å². The van der Waals surface area contributed by atoms with Gasteiger partial charge in [0, 0.05) is 12.0 Å². The van der Waals surface area contributed by atoms with E-state index in [1.807, 2.05) is 22.6 Å². The molecule has 0 bridgehead atoms. The lowest BCUT2D eigenvalue weighted by Gasteiger charge is -2.15. The minimum Gasteiger partial charge on any atom is -0.486 e. The number of aryl methyl sites for hydroxylation is 1. The lowest BCUT2D eigenvalue weighted by Crippen LogP contribution is -2.10. The molecule has 0 saturated carbocycles. The van der Waals surface area contributed by atoms with E-state index in [2.05, 4.69) is 0 Å². The average Bonchev–Trinajstić information content (AvgIpc) is 2.54. The molecule has 0 spiro atoms. The molecule has 2 unspecified atom stereocenters. The lowest BCUT2D eigenvalue weighted by molar-refractivity contribution is 0.0808. The number of rotatable bonds is 3. The first kappa shape index (κ1) is 13.9. The number of hydrogen-bond donors (Lipinski definition) is 1. The Balaban J connectivity index is 2.42. The standard InChI is InChI=1S/C12H12F3IO2/c1-5-2-8(16)12(18-4-9(14)15)6-3-7(13)11(17)10(5)6/h2,7,9,11,17H,3-4H2,1H3. The third-order valence-corrected chi connectivity index (χ3v) is 3.78. The highest BCUT2D eigenvalue weighted by molar-refractivity contribution is 14.1. The number of aliphatic hydroxyl groups is 1. The maximum Gasteiger partial charge on any atom is 0.272 e. The van der Waals surface area contributed by atoms with Gasteiger partial charge in [-0.25, -0.2) is 13.2 Å². The molecule has 0 heterocycles. The first-order valence-corrected chi connectivity index (χ1v) is 6.54. The first-order valence-electron chi connectivity index (χ1n) is 5.46. The molecule has 18 heavy (non-hydrogen) atoms. The molecule has 1 aliphatic carbocycles. The zero-order valence-electron chi connectivity index (χ0n) is 9.59. The van der Waals surface area contributed by atoms with Crippen molar-refractivity contribution in [2.24, 2.45) is 0 Å². The normalized spacial score (nSPS) is 22.4. The van der Waals surface area contributed by atoms with Crippen LogP contribution in [0.25, 0.3) is 0 Å². The molecular weight excluding hydrogens is 360 g/mol. The van der Waals surface area contributed by atoms with Crippen LogP contribution in [-0.4, -0.2) is 24.3 Å². The monoisotopic (exact) mass is 372 g/mol. The number of halogens is 4. The van der Waals surface area contributed by atoms with Crippen molar-refractivity contribution in [3.05, 3.63) is 26.3 Å². The van der Waals surface area contributed by atoms with E-state index in [1.165, 1.54) is 0 Å². The summed E-state index contributed by atoms with van der Waals surface area (Å²) in [6, 6.07) is 1.71. The number of hydrogen-bond acceptors (Lipinski definition) is 2. The Morgan fingerprint density at radius 1 is 1.56 bits per heavy atom. The quantitative estimate of drug-likeness (QED) is 0.827. The van der Waals surface area contributed by atoms with Crippen molar-refractivity contribution >= 4 is 22.6 Å². The van der Waals surface area contributed by atoms with Crippen LogP contribution in [0.2, 0.25) is 0 Å². The third-order valence-electron chi connectivity index (χ3n) is 2.98. The molecule has 0 saturated heterocycles. The van der Waals surface area contributed by atoms with Crippen LogP contribution in [0.5, 0.6) is 5.75 Å². The molecule has 1 aromatic rings. The van der Waals surface area contributed by atoms with Gasteiger partial charge in [-0.05, 0) is 46.7 Å². The van der Waals surface area contributed by atoms with Crippen molar-refractivity contribution in [1.82, 2.24) is 0 Å². The summed E-state index contributed by atoms with van der Waals surface area (Å²) in [5.74, 6) is 0.274. The third kappa shape index (κ3) is 2.45. The highest BCUT2D eigenvalue weighted by Crippen LogP contribution is 2.43. The van der Waals surface area contributed by atoms with E-state index in [0.717, 1.165) is 5.56 Å². The van der Waals surface area contributed by atoms with Gasteiger partial charge in [0.1, 0.15) is 24.6 Å². The summed E-state index contributed by atoms with van der Waals surface area (Å²) < 4.78 is 43.6. The van der Waals surface area contributed by atoms with Gasteiger partial charge < -0.3 is 9.84 Å². The van der Waals surface area contributed by atoms with Gasteiger partial charge in [0.15, 0.2) is 0 Å². The molecule has 1 aromatic carbocycles. The topological polar surface area (TPSA) is 29.5 Å². The molecule has 0 amide bonds. The van der Waals surface area contributed by atoms with Crippen molar-refractivity contribution in [3.63, 3.8) is 0 Å². The lowest BCUT2D eigenvalue weighted by atomic mass is 10.0. The van der Waals surface area contributed by atoms with E-state index >= 15 is 0 Å². The van der Waals surface area contributed by atoms with Gasteiger partial charge in [-0.15, -0.1) is 0 Å². The predicted octanol–water partition coefficient (Wildman–Crippen LogP) is 3.17. The van der Waals surface area contributed by atoms with Crippen LogP contribution in [0.1, 0.15) is 22.8 Å². The van der Waals surface area contributed by atoms with Gasteiger partial charge in [-0.2, -0.15) is 0 Å². The fourth-order valence-electron chi connectivity index (χ4n) is 2.24. The second-order valence-electron chi connectivity index (χ2n) is 4.26. The predicted molar refractivity (Wildman–Crippen MR) is 69.0 cm³/mol. The Morgan fingerprint density at radius 3 is 2.83 bits per heavy atom. The molecule has 0 aliphatic heterocycles. The van der Waals surface area contributed by atoms with Crippen LogP contribution in [0, 0.1) is 10.5 Å². The van der Waals surface area contributed by atoms with Gasteiger partial charge in [0.05, 0.1) is 3.57 Å². The summed E-state index contributed by atoms with van der Waals surface area (Å²) in [6.45, 7) is 1.04. The average molecular weight is 372 g/mol. The fraction of sp³-hybridized carbons (Fsp3) is 0.500. The molecule has 2 atom stereocenters. The highest BCUT2D eigenvalue weighted by Gasteiger charge is 2.35. The Kier molecular flexibility index (Phi) is 4.05. The van der Waals surface area contributed by atoms with Gasteiger partial charge in [-0.3, -0.25) is 0 Å². The first-order chi connectivity index (χ1) is 8.41. The number of alkyl halides is 3. The Bertz CT molecular complexity index is 465. The molecule has 6 heteroatoms. The Labute approximate surface area is 116 Å². The maximum absolute atomic E-state index is 13.5. The second kappa shape index (κ2) is 5.24. The second-order valence-corrected chi connectivity index (χ2v) is 5.43.